The zero-order valence-electron chi connectivity index (χ0n) is 19.1. The SMILES string of the molecule is O=C(OC[C@H]1OC[C@@H](F)C1(OC(=O)c1ccccc1)n1cnc2c([N+](=O)[O-])ccnc21)c1ccccc1. The second kappa shape index (κ2) is 9.74. The lowest BCUT2D eigenvalue weighted by Gasteiger charge is -2.35. The molecule has 1 aliphatic rings. The van der Waals surface area contributed by atoms with Crippen molar-refractivity contribution in [1.82, 2.24) is 14.5 Å². The Balaban J connectivity index is 1.58. The van der Waals surface area contributed by atoms with E-state index in [4.69, 9.17) is 14.2 Å². The maximum absolute atomic E-state index is 15.8. The van der Waals surface area contributed by atoms with Crippen molar-refractivity contribution in [1.29, 1.82) is 0 Å². The number of benzene rings is 2. The predicted molar refractivity (Wildman–Crippen MR) is 125 cm³/mol. The molecule has 3 heterocycles. The molecule has 0 N–H and O–H groups in total. The highest BCUT2D eigenvalue weighted by molar-refractivity contribution is 5.90. The van der Waals surface area contributed by atoms with Gasteiger partial charge >= 0.3 is 11.9 Å². The fourth-order valence-corrected chi connectivity index (χ4v) is 4.19. The summed E-state index contributed by atoms with van der Waals surface area (Å²) in [6, 6.07) is 17.2. The van der Waals surface area contributed by atoms with Gasteiger partial charge in [-0.05, 0) is 24.3 Å². The largest absolute Gasteiger partial charge is 0.459 e. The van der Waals surface area contributed by atoms with Crippen LogP contribution in [0.1, 0.15) is 20.7 Å². The highest BCUT2D eigenvalue weighted by atomic mass is 19.1. The van der Waals surface area contributed by atoms with Crippen LogP contribution in [0.3, 0.4) is 0 Å². The first-order chi connectivity index (χ1) is 17.9. The number of nitro groups is 1. The van der Waals surface area contributed by atoms with E-state index in [1.54, 1.807) is 48.5 Å². The molecule has 12 heteroatoms. The summed E-state index contributed by atoms with van der Waals surface area (Å²) in [4.78, 5) is 44.8. The summed E-state index contributed by atoms with van der Waals surface area (Å²) in [6.07, 6.45) is -1.03. The Kier molecular flexibility index (Phi) is 6.32. The number of alkyl halides is 1. The van der Waals surface area contributed by atoms with Crippen molar-refractivity contribution < 1.29 is 33.1 Å². The number of aromatic nitrogens is 3. The van der Waals surface area contributed by atoms with Gasteiger partial charge in [0.2, 0.25) is 0 Å². The number of nitrogens with zero attached hydrogens (tertiary/aromatic N) is 4. The van der Waals surface area contributed by atoms with E-state index < -0.39 is 48.1 Å². The van der Waals surface area contributed by atoms with E-state index in [2.05, 4.69) is 9.97 Å². The van der Waals surface area contributed by atoms with Gasteiger partial charge in [-0.3, -0.25) is 14.7 Å². The molecule has 188 valence electrons. The van der Waals surface area contributed by atoms with Gasteiger partial charge in [-0.25, -0.2) is 23.9 Å². The number of imidazole rings is 1. The molecule has 4 aromatic rings. The van der Waals surface area contributed by atoms with Crippen molar-refractivity contribution >= 4 is 28.8 Å². The molecule has 0 amide bonds. The van der Waals surface area contributed by atoms with Crippen LogP contribution in [-0.2, 0) is 19.9 Å². The van der Waals surface area contributed by atoms with E-state index in [-0.39, 0.29) is 28.0 Å². The van der Waals surface area contributed by atoms with Crippen LogP contribution in [0.15, 0.2) is 79.3 Å². The second-order valence-electron chi connectivity index (χ2n) is 8.14. The summed E-state index contributed by atoms with van der Waals surface area (Å²) in [5.41, 5.74) is -2.46. The van der Waals surface area contributed by atoms with Crippen molar-refractivity contribution in [3.63, 3.8) is 0 Å². The van der Waals surface area contributed by atoms with Gasteiger partial charge in [0.05, 0.1) is 22.7 Å². The molecule has 2 aromatic heterocycles. The lowest BCUT2D eigenvalue weighted by molar-refractivity contribution is -0.383. The molecular formula is C25H19FN4O7. The number of carbonyl (C=O) groups excluding carboxylic acids is 2. The number of esters is 2. The smallest absolute Gasteiger partial charge is 0.340 e. The van der Waals surface area contributed by atoms with Gasteiger partial charge in [-0.1, -0.05) is 36.4 Å². The molecular weight excluding hydrogens is 487 g/mol. The van der Waals surface area contributed by atoms with Gasteiger partial charge in [0.25, 0.3) is 11.4 Å². The van der Waals surface area contributed by atoms with Crippen molar-refractivity contribution in [3.05, 3.63) is 100 Å². The summed E-state index contributed by atoms with van der Waals surface area (Å²) in [5, 5.41) is 11.5. The molecule has 0 bridgehead atoms. The number of pyridine rings is 1. The second-order valence-corrected chi connectivity index (χ2v) is 8.14. The summed E-state index contributed by atoms with van der Waals surface area (Å²) < 4.78 is 33.7. The number of fused-ring (bicyclic) bond motifs is 1. The molecule has 5 rings (SSSR count). The highest BCUT2D eigenvalue weighted by Crippen LogP contribution is 2.41. The molecule has 0 spiro atoms. The van der Waals surface area contributed by atoms with Crippen LogP contribution in [0.2, 0.25) is 0 Å². The number of carbonyl (C=O) groups is 2. The molecule has 37 heavy (non-hydrogen) atoms. The minimum Gasteiger partial charge on any atom is -0.459 e. The first kappa shape index (κ1) is 24.0. The molecule has 11 nitrogen and oxygen atoms in total. The zero-order valence-corrected chi connectivity index (χ0v) is 19.1. The van der Waals surface area contributed by atoms with Crippen LogP contribution < -0.4 is 0 Å². The van der Waals surface area contributed by atoms with Crippen LogP contribution in [0.25, 0.3) is 11.2 Å². The van der Waals surface area contributed by atoms with Crippen LogP contribution >= 0.6 is 0 Å². The van der Waals surface area contributed by atoms with E-state index in [1.807, 2.05) is 0 Å². The summed E-state index contributed by atoms with van der Waals surface area (Å²) in [7, 11) is 0. The van der Waals surface area contributed by atoms with E-state index in [0.29, 0.717) is 0 Å². The van der Waals surface area contributed by atoms with Crippen LogP contribution in [0.4, 0.5) is 10.1 Å². The Morgan fingerprint density at radius 3 is 2.35 bits per heavy atom. The van der Waals surface area contributed by atoms with Crippen LogP contribution in [-0.4, -0.2) is 56.9 Å². The molecule has 1 aliphatic heterocycles. The third kappa shape index (κ3) is 4.27. The fourth-order valence-electron chi connectivity index (χ4n) is 4.19. The molecule has 1 unspecified atom stereocenters. The summed E-state index contributed by atoms with van der Waals surface area (Å²) >= 11 is 0. The van der Waals surface area contributed by atoms with E-state index in [9.17, 15) is 19.7 Å². The third-order valence-corrected chi connectivity index (χ3v) is 5.98. The lowest BCUT2D eigenvalue weighted by atomic mass is 10.0. The third-order valence-electron chi connectivity index (χ3n) is 5.98. The van der Waals surface area contributed by atoms with Crippen molar-refractivity contribution in [2.75, 3.05) is 13.2 Å². The Labute approximate surface area is 208 Å². The Hall–Kier alpha value is -4.71. The summed E-state index contributed by atoms with van der Waals surface area (Å²) in [6.45, 7) is -1.00. The summed E-state index contributed by atoms with van der Waals surface area (Å²) in [5.74, 6) is -1.58. The molecule has 0 radical (unpaired) electrons. The number of ether oxygens (including phenoxy) is 3. The number of rotatable bonds is 7. The van der Waals surface area contributed by atoms with Crippen molar-refractivity contribution in [2.24, 2.45) is 0 Å². The van der Waals surface area contributed by atoms with Crippen LogP contribution in [0.5, 0.6) is 0 Å². The lowest BCUT2D eigenvalue weighted by Crippen LogP contribution is -2.53. The molecule has 2 aromatic carbocycles. The van der Waals surface area contributed by atoms with Gasteiger partial charge < -0.3 is 14.2 Å². The monoisotopic (exact) mass is 506 g/mol. The first-order valence-electron chi connectivity index (χ1n) is 11.1. The Morgan fingerprint density at radius 2 is 1.70 bits per heavy atom. The van der Waals surface area contributed by atoms with Gasteiger partial charge in [-0.15, -0.1) is 0 Å². The maximum atomic E-state index is 15.8. The topological polar surface area (TPSA) is 136 Å². The van der Waals surface area contributed by atoms with Gasteiger partial charge in [0.1, 0.15) is 12.9 Å². The minimum absolute atomic E-state index is 0.109. The molecule has 1 saturated heterocycles. The Bertz CT molecular complexity index is 1460. The Morgan fingerprint density at radius 1 is 1.05 bits per heavy atom. The normalized spacial score (nSPS) is 21.0. The maximum Gasteiger partial charge on any atom is 0.340 e. The standard InChI is InChI=1S/C25H19FN4O7/c26-19-13-35-20(14-36-23(31)16-7-3-1-4-8-16)25(19,37-24(32)17-9-5-2-6-10-17)29-15-28-21-18(30(33)34)11-12-27-22(21)29/h1-12,15,19-20H,13-14H2/t19-,20-,25?/m1/s1. The van der Waals surface area contributed by atoms with Crippen LogP contribution in [0, 0.1) is 10.1 Å². The quantitative estimate of drug-likeness (QED) is 0.210. The predicted octanol–water partition coefficient (Wildman–Crippen LogP) is 3.44. The van der Waals surface area contributed by atoms with Gasteiger partial charge in [0, 0.05) is 12.3 Å². The average molecular weight is 506 g/mol. The number of halogens is 1. The highest BCUT2D eigenvalue weighted by Gasteiger charge is 2.59. The van der Waals surface area contributed by atoms with Gasteiger partial charge in [0.15, 0.2) is 23.4 Å². The van der Waals surface area contributed by atoms with E-state index in [1.165, 1.54) is 18.3 Å². The van der Waals surface area contributed by atoms with Gasteiger partial charge in [-0.2, -0.15) is 0 Å². The van der Waals surface area contributed by atoms with E-state index in [0.717, 1.165) is 17.0 Å². The fraction of sp³-hybridized carbons (Fsp3) is 0.200. The van der Waals surface area contributed by atoms with E-state index >= 15 is 4.39 Å². The first-order valence-corrected chi connectivity index (χ1v) is 11.1. The zero-order chi connectivity index (χ0) is 26.0. The number of hydrogen-bond donors (Lipinski definition) is 0. The minimum atomic E-state index is -2.24. The molecule has 0 saturated carbocycles. The van der Waals surface area contributed by atoms with Crippen molar-refractivity contribution in [3.8, 4) is 0 Å². The number of hydrogen-bond acceptors (Lipinski definition) is 9. The average Bonchev–Trinajstić information content (AvgIpc) is 3.49. The van der Waals surface area contributed by atoms with Crippen molar-refractivity contribution in [2.45, 2.75) is 18.0 Å². The molecule has 3 atom stereocenters. The molecule has 0 aliphatic carbocycles. The molecule has 1 fully saturated rings.